The van der Waals surface area contributed by atoms with E-state index in [0.717, 1.165) is 21.3 Å². The number of sulfonamides is 1. The zero-order valence-corrected chi connectivity index (χ0v) is 18.7. The van der Waals surface area contributed by atoms with Crippen LogP contribution in [0.4, 0.5) is 0 Å². The topological polar surface area (TPSA) is 79.4 Å². The highest BCUT2D eigenvalue weighted by Gasteiger charge is 2.23. The summed E-state index contributed by atoms with van der Waals surface area (Å²) in [6, 6.07) is 11.1. The molecule has 0 aliphatic heterocycles. The molecular formula is C21H25N3O3S2. The van der Waals surface area contributed by atoms with E-state index in [2.05, 4.69) is 10.3 Å². The number of aromatic nitrogens is 1. The van der Waals surface area contributed by atoms with Crippen LogP contribution < -0.4 is 5.32 Å². The molecule has 154 valence electrons. The standard InChI is InChI=1S/C21H25N3O3S2/c1-5-24(6-2)29(26,27)20-10-8-17(28-20)13-22-21(25)18-12-16-11-14(3)7-9-19(16)23-15(18)4/h7-12H,5-6,13H2,1-4H3,(H,22,25). The smallest absolute Gasteiger partial charge is 0.253 e. The van der Waals surface area contributed by atoms with Crippen molar-refractivity contribution in [2.24, 2.45) is 0 Å². The number of amides is 1. The van der Waals surface area contributed by atoms with E-state index in [1.165, 1.54) is 15.6 Å². The molecule has 2 aromatic heterocycles. The Morgan fingerprint density at radius 3 is 2.52 bits per heavy atom. The first-order valence-corrected chi connectivity index (χ1v) is 11.8. The van der Waals surface area contributed by atoms with Crippen molar-refractivity contribution in [2.75, 3.05) is 13.1 Å². The highest BCUT2D eigenvalue weighted by molar-refractivity contribution is 7.91. The molecule has 8 heteroatoms. The van der Waals surface area contributed by atoms with E-state index in [1.807, 2.05) is 52.0 Å². The molecule has 6 nitrogen and oxygen atoms in total. The zero-order chi connectivity index (χ0) is 21.2. The number of hydrogen-bond donors (Lipinski definition) is 1. The van der Waals surface area contributed by atoms with Gasteiger partial charge in [-0.15, -0.1) is 11.3 Å². The molecule has 0 saturated carbocycles. The Morgan fingerprint density at radius 1 is 1.10 bits per heavy atom. The molecule has 2 heterocycles. The molecule has 0 atom stereocenters. The molecule has 0 unspecified atom stereocenters. The van der Waals surface area contributed by atoms with E-state index in [9.17, 15) is 13.2 Å². The predicted molar refractivity (Wildman–Crippen MR) is 117 cm³/mol. The van der Waals surface area contributed by atoms with Crippen molar-refractivity contribution in [1.82, 2.24) is 14.6 Å². The van der Waals surface area contributed by atoms with E-state index < -0.39 is 10.0 Å². The van der Waals surface area contributed by atoms with Gasteiger partial charge in [0.05, 0.1) is 23.3 Å². The third-order valence-corrected chi connectivity index (χ3v) is 8.37. The normalized spacial score (nSPS) is 11.9. The van der Waals surface area contributed by atoms with Crippen LogP contribution in [0.1, 0.15) is 40.3 Å². The number of pyridine rings is 1. The monoisotopic (exact) mass is 431 g/mol. The molecule has 0 saturated heterocycles. The molecule has 3 rings (SSSR count). The van der Waals surface area contributed by atoms with Gasteiger partial charge in [-0.1, -0.05) is 25.5 Å². The zero-order valence-electron chi connectivity index (χ0n) is 17.0. The molecule has 0 fully saturated rings. The summed E-state index contributed by atoms with van der Waals surface area (Å²) in [6.45, 7) is 8.57. The first-order chi connectivity index (χ1) is 13.8. The third-order valence-electron chi connectivity index (χ3n) is 4.77. The van der Waals surface area contributed by atoms with Crippen LogP contribution >= 0.6 is 11.3 Å². The quantitative estimate of drug-likeness (QED) is 0.616. The molecule has 1 aromatic carbocycles. The maximum Gasteiger partial charge on any atom is 0.253 e. The summed E-state index contributed by atoms with van der Waals surface area (Å²) in [4.78, 5) is 18.0. The van der Waals surface area contributed by atoms with E-state index >= 15 is 0 Å². The summed E-state index contributed by atoms with van der Waals surface area (Å²) >= 11 is 1.18. The molecule has 3 aromatic rings. The summed E-state index contributed by atoms with van der Waals surface area (Å²) < 4.78 is 26.9. The van der Waals surface area contributed by atoms with Crippen LogP contribution in [0.2, 0.25) is 0 Å². The van der Waals surface area contributed by atoms with Crippen LogP contribution in [0.5, 0.6) is 0 Å². The number of nitrogens with zero attached hydrogens (tertiary/aromatic N) is 2. The van der Waals surface area contributed by atoms with Crippen molar-refractivity contribution in [3.8, 4) is 0 Å². The minimum atomic E-state index is -3.48. The Bertz CT molecular complexity index is 1150. The lowest BCUT2D eigenvalue weighted by atomic mass is 10.1. The number of benzene rings is 1. The average molecular weight is 432 g/mol. The fraction of sp³-hybridized carbons (Fsp3) is 0.333. The first-order valence-electron chi connectivity index (χ1n) is 9.51. The molecular weight excluding hydrogens is 406 g/mol. The minimum absolute atomic E-state index is 0.222. The van der Waals surface area contributed by atoms with Gasteiger partial charge in [-0.25, -0.2) is 8.42 Å². The molecule has 0 aliphatic carbocycles. The molecule has 1 amide bonds. The number of carbonyl (C=O) groups is 1. The Morgan fingerprint density at radius 2 is 1.83 bits per heavy atom. The van der Waals surface area contributed by atoms with Gasteiger partial charge < -0.3 is 5.32 Å². The van der Waals surface area contributed by atoms with Crippen molar-refractivity contribution < 1.29 is 13.2 Å². The van der Waals surface area contributed by atoms with Gasteiger partial charge in [-0.2, -0.15) is 4.31 Å². The van der Waals surface area contributed by atoms with Crippen molar-refractivity contribution in [3.63, 3.8) is 0 Å². The van der Waals surface area contributed by atoms with Crippen LogP contribution in [-0.2, 0) is 16.6 Å². The summed E-state index contributed by atoms with van der Waals surface area (Å²) in [6.07, 6.45) is 0. The Balaban J connectivity index is 1.76. The van der Waals surface area contributed by atoms with Gasteiger partial charge in [0.25, 0.3) is 15.9 Å². The maximum absolute atomic E-state index is 12.7. The van der Waals surface area contributed by atoms with Gasteiger partial charge in [0.1, 0.15) is 4.21 Å². The average Bonchev–Trinajstić information content (AvgIpc) is 3.16. The molecule has 29 heavy (non-hydrogen) atoms. The summed E-state index contributed by atoms with van der Waals surface area (Å²) in [5.74, 6) is -0.222. The van der Waals surface area contributed by atoms with Crippen LogP contribution in [0.3, 0.4) is 0 Å². The Hall–Kier alpha value is -2.29. The van der Waals surface area contributed by atoms with Crippen molar-refractivity contribution in [1.29, 1.82) is 0 Å². The van der Waals surface area contributed by atoms with Gasteiger partial charge in [0, 0.05) is 23.4 Å². The van der Waals surface area contributed by atoms with Gasteiger partial charge in [-0.3, -0.25) is 9.78 Å². The van der Waals surface area contributed by atoms with Crippen LogP contribution in [0.25, 0.3) is 10.9 Å². The molecule has 0 aliphatic rings. The lowest BCUT2D eigenvalue weighted by molar-refractivity contribution is 0.0950. The molecule has 0 spiro atoms. The maximum atomic E-state index is 12.7. The van der Waals surface area contributed by atoms with E-state index in [-0.39, 0.29) is 12.5 Å². The van der Waals surface area contributed by atoms with Crippen molar-refractivity contribution in [2.45, 2.75) is 38.4 Å². The number of carbonyl (C=O) groups excluding carboxylic acids is 1. The van der Waals surface area contributed by atoms with Gasteiger partial charge in [0.15, 0.2) is 0 Å². The van der Waals surface area contributed by atoms with E-state index in [4.69, 9.17) is 0 Å². The van der Waals surface area contributed by atoms with Crippen LogP contribution in [-0.4, -0.2) is 36.7 Å². The Kier molecular flexibility index (Phi) is 6.36. The van der Waals surface area contributed by atoms with Gasteiger partial charge in [0.2, 0.25) is 0 Å². The van der Waals surface area contributed by atoms with Crippen LogP contribution in [0.15, 0.2) is 40.6 Å². The van der Waals surface area contributed by atoms with Crippen LogP contribution in [0, 0.1) is 13.8 Å². The number of thiophene rings is 1. The molecule has 0 bridgehead atoms. The largest absolute Gasteiger partial charge is 0.347 e. The lowest BCUT2D eigenvalue weighted by Gasteiger charge is -2.16. The van der Waals surface area contributed by atoms with Crippen molar-refractivity contribution in [3.05, 3.63) is 58.1 Å². The van der Waals surface area contributed by atoms with Gasteiger partial charge >= 0.3 is 0 Å². The fourth-order valence-electron chi connectivity index (χ4n) is 3.17. The third kappa shape index (κ3) is 4.49. The minimum Gasteiger partial charge on any atom is -0.347 e. The van der Waals surface area contributed by atoms with E-state index in [0.29, 0.717) is 28.6 Å². The SMILES string of the molecule is CCN(CC)S(=O)(=O)c1ccc(CNC(=O)c2cc3cc(C)ccc3nc2C)s1. The molecule has 1 N–H and O–H groups in total. The first kappa shape index (κ1) is 21.4. The highest BCUT2D eigenvalue weighted by Crippen LogP contribution is 2.25. The van der Waals surface area contributed by atoms with Crippen molar-refractivity contribution >= 4 is 38.2 Å². The number of hydrogen-bond acceptors (Lipinski definition) is 5. The summed E-state index contributed by atoms with van der Waals surface area (Å²) in [5.41, 5.74) is 3.15. The second kappa shape index (κ2) is 8.61. The number of nitrogens with one attached hydrogen (secondary N) is 1. The lowest BCUT2D eigenvalue weighted by Crippen LogP contribution is -2.30. The number of aryl methyl sites for hydroxylation is 2. The number of fused-ring (bicyclic) bond motifs is 1. The highest BCUT2D eigenvalue weighted by atomic mass is 32.2. The second-order valence-electron chi connectivity index (χ2n) is 6.81. The van der Waals surface area contributed by atoms with Gasteiger partial charge in [-0.05, 0) is 44.2 Å². The van der Waals surface area contributed by atoms with E-state index in [1.54, 1.807) is 12.1 Å². The second-order valence-corrected chi connectivity index (χ2v) is 10.1. The fourth-order valence-corrected chi connectivity index (χ4v) is 6.08. The Labute approximate surface area is 175 Å². The predicted octanol–water partition coefficient (Wildman–Crippen LogP) is 3.87. The summed E-state index contributed by atoms with van der Waals surface area (Å²) in [7, 11) is -3.48. The summed E-state index contributed by atoms with van der Waals surface area (Å²) in [5, 5.41) is 3.80. The number of rotatable bonds is 7. The molecule has 0 radical (unpaired) electrons.